The molecule has 4 aliphatic rings. The molecule has 2 aromatic rings. The van der Waals surface area contributed by atoms with E-state index in [9.17, 15) is 14.7 Å². The van der Waals surface area contributed by atoms with Crippen molar-refractivity contribution < 1.29 is 38.4 Å². The van der Waals surface area contributed by atoms with Gasteiger partial charge in [0.05, 0.1) is 35.9 Å². The van der Waals surface area contributed by atoms with Crippen molar-refractivity contribution in [2.75, 3.05) is 33.8 Å². The molecular weight excluding hydrogens is 700 g/mol. The Morgan fingerprint density at radius 1 is 1.11 bits per heavy atom. The molecule has 12 nitrogen and oxygen atoms in total. The van der Waals surface area contributed by atoms with E-state index in [0.29, 0.717) is 31.5 Å². The fourth-order valence-electron chi connectivity index (χ4n) is 9.24. The van der Waals surface area contributed by atoms with Crippen molar-refractivity contribution in [3.8, 4) is 11.8 Å². The molecule has 0 spiro atoms. The number of aliphatic imine (C=N–C) groups is 1. The molecule has 5 heterocycles. The Morgan fingerprint density at radius 2 is 1.85 bits per heavy atom. The molecule has 2 fully saturated rings. The zero-order valence-corrected chi connectivity index (χ0v) is 33.9. The number of fused-ring (bicyclic) bond motifs is 2. The predicted molar refractivity (Wildman–Crippen MR) is 209 cm³/mol. The van der Waals surface area contributed by atoms with Crippen LogP contribution in [0, 0.1) is 29.6 Å². The third kappa shape index (κ3) is 8.33. The number of aliphatic hydroxyl groups is 1. The maximum absolute atomic E-state index is 13.8. The van der Waals surface area contributed by atoms with Gasteiger partial charge in [0.15, 0.2) is 11.9 Å². The highest BCUT2D eigenvalue weighted by molar-refractivity contribution is 5.91. The summed E-state index contributed by atoms with van der Waals surface area (Å²) in [6.07, 6.45) is 0.675. The van der Waals surface area contributed by atoms with Crippen molar-refractivity contribution in [1.29, 1.82) is 0 Å². The number of cyclic esters (lactones) is 1. The number of nitrogens with zero attached hydrogens (tertiary/aromatic N) is 4. The van der Waals surface area contributed by atoms with Gasteiger partial charge in [-0.1, -0.05) is 56.9 Å². The van der Waals surface area contributed by atoms with E-state index in [2.05, 4.69) is 30.7 Å². The van der Waals surface area contributed by atoms with Crippen LogP contribution in [0.5, 0.6) is 0 Å². The number of hydrogen-bond acceptors (Lipinski definition) is 11. The molecule has 12 heteroatoms. The Kier molecular flexibility index (Phi) is 12.1. The van der Waals surface area contributed by atoms with Gasteiger partial charge in [-0.15, -0.1) is 0 Å². The van der Waals surface area contributed by atoms with Crippen LogP contribution < -0.4 is 0 Å². The van der Waals surface area contributed by atoms with Crippen LogP contribution in [0.25, 0.3) is 10.9 Å². The van der Waals surface area contributed by atoms with Gasteiger partial charge in [-0.3, -0.25) is 14.9 Å². The second-order valence-corrected chi connectivity index (χ2v) is 16.6. The van der Waals surface area contributed by atoms with Gasteiger partial charge >= 0.3 is 12.1 Å². The van der Waals surface area contributed by atoms with E-state index in [-0.39, 0.29) is 30.6 Å². The zero-order chi connectivity index (χ0) is 39.8. The SMILES string of the molecule is C/C1=C/[C@H](C)[C@@H](O[C@H]2O[C@@H](C)C[C@@H](N(C)C)C2O)[C@@](C)(OCC#Cc2cnc3ccccc3c2)C[C@@H](C)C2=NCCN3C(=O)O[C@](C)([C@@H](C)OC1=O)[C@H]3[C@H]2C. The number of carbonyl (C=O) groups excluding carboxylic acids is 2. The van der Waals surface area contributed by atoms with Gasteiger partial charge in [0.2, 0.25) is 0 Å². The van der Waals surface area contributed by atoms with E-state index in [1.807, 2.05) is 83.1 Å². The first-order chi connectivity index (χ1) is 26.0. The fraction of sp³-hybridized carbons (Fsp3) is 0.628. The van der Waals surface area contributed by atoms with Gasteiger partial charge in [-0.2, -0.15) is 0 Å². The number of aliphatic hydroxyl groups excluding tert-OH is 1. The number of esters is 1. The average Bonchev–Trinajstić information content (AvgIpc) is 3.26. The summed E-state index contributed by atoms with van der Waals surface area (Å²) in [5.74, 6) is 5.10. The summed E-state index contributed by atoms with van der Waals surface area (Å²) in [4.78, 5) is 40.5. The number of para-hydroxylation sites is 1. The van der Waals surface area contributed by atoms with Crippen LogP contribution in [0.15, 0.2) is 53.2 Å². The van der Waals surface area contributed by atoms with Gasteiger partial charge in [0.25, 0.3) is 0 Å². The average molecular weight is 759 g/mol. The van der Waals surface area contributed by atoms with Crippen molar-refractivity contribution in [3.63, 3.8) is 0 Å². The summed E-state index contributed by atoms with van der Waals surface area (Å²) >= 11 is 0. The lowest BCUT2D eigenvalue weighted by Crippen LogP contribution is -2.59. The van der Waals surface area contributed by atoms with Crippen molar-refractivity contribution in [3.05, 3.63) is 53.7 Å². The molecular formula is C43H58N4O8. The number of hydrogen-bond donors (Lipinski definition) is 1. The molecule has 4 aliphatic heterocycles. The molecule has 2 bridgehead atoms. The van der Waals surface area contributed by atoms with Gasteiger partial charge in [0, 0.05) is 52.9 Å². The second-order valence-electron chi connectivity index (χ2n) is 16.6. The Bertz CT molecular complexity index is 1870. The minimum Gasteiger partial charge on any atom is -0.455 e. The lowest BCUT2D eigenvalue weighted by atomic mass is 9.74. The molecule has 0 saturated carbocycles. The molecule has 1 N–H and O–H groups in total. The molecule has 0 aliphatic carbocycles. The summed E-state index contributed by atoms with van der Waals surface area (Å²) in [5.41, 5.74) is 0.791. The number of likely N-dealkylation sites (N-methyl/N-ethyl adjacent to an activating group) is 1. The highest BCUT2D eigenvalue weighted by Crippen LogP contribution is 2.43. The number of benzene rings is 1. The van der Waals surface area contributed by atoms with Crippen LogP contribution in [0.4, 0.5) is 4.79 Å². The van der Waals surface area contributed by atoms with E-state index in [1.54, 1.807) is 24.9 Å². The van der Waals surface area contributed by atoms with E-state index >= 15 is 0 Å². The summed E-state index contributed by atoms with van der Waals surface area (Å²) in [7, 11) is 3.88. The van der Waals surface area contributed by atoms with Crippen LogP contribution in [-0.2, 0) is 28.5 Å². The predicted octanol–water partition coefficient (Wildman–Crippen LogP) is 5.40. The molecule has 1 amide bonds. The van der Waals surface area contributed by atoms with Crippen LogP contribution in [0.2, 0.25) is 0 Å². The zero-order valence-electron chi connectivity index (χ0n) is 33.9. The summed E-state index contributed by atoms with van der Waals surface area (Å²) in [6.45, 7) is 16.3. The van der Waals surface area contributed by atoms with Crippen LogP contribution in [-0.4, -0.2) is 125 Å². The lowest BCUT2D eigenvalue weighted by molar-refractivity contribution is -0.295. The fourth-order valence-corrected chi connectivity index (χ4v) is 9.24. The molecule has 298 valence electrons. The number of ether oxygens (including phenoxy) is 5. The molecule has 12 atom stereocenters. The highest BCUT2D eigenvalue weighted by Gasteiger charge is 2.59. The number of amides is 1. The van der Waals surface area contributed by atoms with Crippen molar-refractivity contribution in [2.24, 2.45) is 22.7 Å². The Hall–Kier alpha value is -3.86. The number of rotatable bonds is 5. The molecule has 1 aromatic heterocycles. The first-order valence-electron chi connectivity index (χ1n) is 19.6. The van der Waals surface area contributed by atoms with Crippen LogP contribution >= 0.6 is 0 Å². The van der Waals surface area contributed by atoms with Crippen molar-refractivity contribution >= 4 is 28.7 Å². The van der Waals surface area contributed by atoms with E-state index < -0.39 is 59.8 Å². The smallest absolute Gasteiger partial charge is 0.410 e. The van der Waals surface area contributed by atoms with Crippen LogP contribution in [0.3, 0.4) is 0 Å². The first-order valence-corrected chi connectivity index (χ1v) is 19.6. The third-order valence-corrected chi connectivity index (χ3v) is 12.1. The molecule has 55 heavy (non-hydrogen) atoms. The molecule has 6 rings (SSSR count). The minimum atomic E-state index is -1.11. The normalized spacial score (nSPS) is 38.1. The van der Waals surface area contributed by atoms with E-state index in [1.165, 1.54) is 0 Å². The number of aromatic nitrogens is 1. The Labute approximate surface area is 325 Å². The third-order valence-electron chi connectivity index (χ3n) is 12.1. The second kappa shape index (κ2) is 16.3. The number of pyridine rings is 1. The lowest BCUT2D eigenvalue weighted by Gasteiger charge is -2.47. The summed E-state index contributed by atoms with van der Waals surface area (Å²) in [6, 6.07) is 9.29. The van der Waals surface area contributed by atoms with E-state index in [0.717, 1.165) is 22.2 Å². The van der Waals surface area contributed by atoms with Gasteiger partial charge in [-0.05, 0) is 79.6 Å². The summed E-state index contributed by atoms with van der Waals surface area (Å²) < 4.78 is 32.3. The largest absolute Gasteiger partial charge is 0.455 e. The van der Waals surface area contributed by atoms with Gasteiger partial charge < -0.3 is 33.7 Å². The quantitative estimate of drug-likeness (QED) is 0.313. The molecule has 1 unspecified atom stereocenters. The minimum absolute atomic E-state index is 0.0640. The maximum Gasteiger partial charge on any atom is 0.410 e. The molecule has 2 saturated heterocycles. The monoisotopic (exact) mass is 758 g/mol. The van der Waals surface area contributed by atoms with Gasteiger partial charge in [-0.25, -0.2) is 9.59 Å². The highest BCUT2D eigenvalue weighted by atomic mass is 16.7. The first kappa shape index (κ1) is 40.8. The molecule has 0 radical (unpaired) electrons. The summed E-state index contributed by atoms with van der Waals surface area (Å²) in [5, 5.41) is 12.6. The molecule has 1 aromatic carbocycles. The van der Waals surface area contributed by atoms with Crippen molar-refractivity contribution in [1.82, 2.24) is 14.8 Å². The number of carbonyl (C=O) groups is 2. The topological polar surface area (TPSA) is 132 Å². The standard InChI is InChI=1S/C43H58N4O8/c1-25-20-26(2)39(49)53-30(6)43(8)37-29(5)35(44-17-18-47(37)41(50)55-43)27(3)23-42(7,38(25)54-40-36(48)34(46(9)10)21-28(4)52-40)51-19-13-14-31-22-32-15-11-12-16-33(32)45-24-31/h11-12,15-16,20,22,24-25,27-30,34,36-38,40,48H,17-19,21,23H2,1-10H3/b26-20-/t25-,27+,28-,29-,30+,34+,36?,37+,38+,40+,42-,43+/m0/s1. The Morgan fingerprint density at radius 3 is 2.60 bits per heavy atom. The van der Waals surface area contributed by atoms with E-state index in [4.69, 9.17) is 28.7 Å². The van der Waals surface area contributed by atoms with Gasteiger partial charge in [0.1, 0.15) is 18.8 Å². The van der Waals surface area contributed by atoms with Crippen molar-refractivity contribution in [2.45, 2.75) is 122 Å². The maximum atomic E-state index is 13.8. The Balaban J connectivity index is 1.41. The van der Waals surface area contributed by atoms with Crippen LogP contribution in [0.1, 0.15) is 73.8 Å².